The van der Waals surface area contributed by atoms with E-state index in [-0.39, 0.29) is 5.82 Å². The number of hydrogen-bond donors (Lipinski definition) is 1. The molecule has 1 atom stereocenters. The third-order valence-corrected chi connectivity index (χ3v) is 4.63. The van der Waals surface area contributed by atoms with Gasteiger partial charge >= 0.3 is 0 Å². The van der Waals surface area contributed by atoms with E-state index in [0.717, 1.165) is 34.4 Å². The van der Waals surface area contributed by atoms with Gasteiger partial charge in [0.1, 0.15) is 10.9 Å². The second-order valence-corrected chi connectivity index (χ2v) is 5.90. The molecule has 1 N–H and O–H groups in total. The summed E-state index contributed by atoms with van der Waals surface area (Å²) >= 11 is 1.63. The molecule has 98 valence electrons. The van der Waals surface area contributed by atoms with Crippen LogP contribution in [0.1, 0.15) is 18.4 Å². The van der Waals surface area contributed by atoms with Gasteiger partial charge in [-0.2, -0.15) is 5.10 Å². The third-order valence-electron chi connectivity index (χ3n) is 3.57. The van der Waals surface area contributed by atoms with Crippen molar-refractivity contribution in [1.29, 1.82) is 0 Å². The van der Waals surface area contributed by atoms with E-state index in [1.54, 1.807) is 23.9 Å². The first-order valence-electron chi connectivity index (χ1n) is 6.44. The number of nitrogens with one attached hydrogen (secondary N) is 1. The van der Waals surface area contributed by atoms with Crippen molar-refractivity contribution in [2.45, 2.75) is 25.4 Å². The van der Waals surface area contributed by atoms with Crippen LogP contribution in [0.25, 0.3) is 0 Å². The van der Waals surface area contributed by atoms with E-state index < -0.39 is 0 Å². The highest BCUT2D eigenvalue weighted by Gasteiger charge is 2.32. The zero-order valence-corrected chi connectivity index (χ0v) is 11.1. The molecular formula is C13H13FN4S. The minimum atomic E-state index is -0.217. The van der Waals surface area contributed by atoms with Gasteiger partial charge < -0.3 is 5.32 Å². The maximum atomic E-state index is 13.2. The first-order valence-corrected chi connectivity index (χ1v) is 7.26. The van der Waals surface area contributed by atoms with E-state index >= 15 is 0 Å². The summed E-state index contributed by atoms with van der Waals surface area (Å²) in [7, 11) is 0. The van der Waals surface area contributed by atoms with Gasteiger partial charge in [0.05, 0.1) is 18.3 Å². The highest BCUT2D eigenvalue weighted by molar-refractivity contribution is 8.27. The number of rotatable bonds is 1. The summed E-state index contributed by atoms with van der Waals surface area (Å²) in [6.45, 7) is 1.66. The molecule has 1 saturated heterocycles. The highest BCUT2D eigenvalue weighted by Crippen LogP contribution is 2.35. The lowest BCUT2D eigenvalue weighted by Gasteiger charge is -2.20. The van der Waals surface area contributed by atoms with E-state index in [9.17, 15) is 4.39 Å². The van der Waals surface area contributed by atoms with Crippen LogP contribution in [-0.2, 0) is 6.54 Å². The van der Waals surface area contributed by atoms with Crippen LogP contribution >= 0.6 is 11.8 Å². The normalized spacial score (nSPS) is 24.9. The predicted molar refractivity (Wildman–Crippen MR) is 75.1 cm³/mol. The Balaban J connectivity index is 1.64. The van der Waals surface area contributed by atoms with Crippen molar-refractivity contribution >= 4 is 27.7 Å². The number of thioether (sulfide) groups is 1. The molecule has 3 aliphatic rings. The maximum absolute atomic E-state index is 13.2. The number of hydrogen-bond acceptors (Lipinski definition) is 5. The summed E-state index contributed by atoms with van der Waals surface area (Å²) in [5.41, 5.74) is 1.75. The summed E-state index contributed by atoms with van der Waals surface area (Å²) in [4.78, 5) is 4.57. The van der Waals surface area contributed by atoms with Crippen molar-refractivity contribution in [3.05, 3.63) is 29.6 Å². The molecule has 0 radical (unpaired) electrons. The van der Waals surface area contributed by atoms with Crippen molar-refractivity contribution in [3.63, 3.8) is 0 Å². The van der Waals surface area contributed by atoms with Crippen LogP contribution in [0, 0.1) is 5.82 Å². The third kappa shape index (κ3) is 1.95. The van der Waals surface area contributed by atoms with Crippen molar-refractivity contribution in [1.82, 2.24) is 10.3 Å². The summed E-state index contributed by atoms with van der Waals surface area (Å²) in [5, 5.41) is 11.9. The molecule has 4 rings (SSSR count). The molecule has 3 heterocycles. The lowest BCUT2D eigenvalue weighted by molar-refractivity contribution is 0.443. The molecule has 0 unspecified atom stereocenters. The Kier molecular flexibility index (Phi) is 2.60. The molecule has 0 saturated carbocycles. The SMILES string of the molecule is Fc1ccc2c(c1)CN1N=C([C@H]3CCCN3)SC1=N2. The lowest BCUT2D eigenvalue weighted by Crippen LogP contribution is -2.27. The van der Waals surface area contributed by atoms with Crippen LogP contribution in [0.4, 0.5) is 10.1 Å². The molecular weight excluding hydrogens is 263 g/mol. The quantitative estimate of drug-likeness (QED) is 0.856. The van der Waals surface area contributed by atoms with Crippen LogP contribution in [-0.4, -0.2) is 27.8 Å². The molecule has 0 spiro atoms. The molecule has 0 amide bonds. The minimum Gasteiger partial charge on any atom is -0.308 e. The molecule has 4 nitrogen and oxygen atoms in total. The van der Waals surface area contributed by atoms with Crippen molar-refractivity contribution in [2.24, 2.45) is 10.1 Å². The number of benzene rings is 1. The Morgan fingerprint density at radius 3 is 3.21 bits per heavy atom. The maximum Gasteiger partial charge on any atom is 0.191 e. The first-order chi connectivity index (χ1) is 9.29. The summed E-state index contributed by atoms with van der Waals surface area (Å²) in [6.07, 6.45) is 2.33. The summed E-state index contributed by atoms with van der Waals surface area (Å²) in [5.74, 6) is -0.217. The van der Waals surface area contributed by atoms with Crippen LogP contribution in [0.5, 0.6) is 0 Å². The van der Waals surface area contributed by atoms with Crippen molar-refractivity contribution in [3.8, 4) is 0 Å². The fraction of sp³-hybridized carbons (Fsp3) is 0.385. The van der Waals surface area contributed by atoms with Crippen LogP contribution < -0.4 is 5.32 Å². The molecule has 19 heavy (non-hydrogen) atoms. The van der Waals surface area contributed by atoms with Crippen LogP contribution in [0.15, 0.2) is 28.3 Å². The molecule has 1 fully saturated rings. The zero-order chi connectivity index (χ0) is 12.8. The largest absolute Gasteiger partial charge is 0.308 e. The summed E-state index contributed by atoms with van der Waals surface area (Å²) < 4.78 is 13.2. The van der Waals surface area contributed by atoms with Gasteiger partial charge in [-0.05, 0) is 49.3 Å². The van der Waals surface area contributed by atoms with Gasteiger partial charge in [-0.15, -0.1) is 0 Å². The number of halogens is 1. The molecule has 1 aromatic carbocycles. The molecule has 6 heteroatoms. The fourth-order valence-electron chi connectivity index (χ4n) is 2.60. The molecule has 3 aliphatic heterocycles. The highest BCUT2D eigenvalue weighted by atomic mass is 32.2. The number of aliphatic imine (C=N–C) groups is 1. The minimum absolute atomic E-state index is 0.217. The van der Waals surface area contributed by atoms with Gasteiger partial charge in [-0.3, -0.25) is 0 Å². The zero-order valence-electron chi connectivity index (χ0n) is 10.3. The van der Waals surface area contributed by atoms with Gasteiger partial charge in [-0.1, -0.05) is 0 Å². The first kappa shape index (κ1) is 11.4. The number of fused-ring (bicyclic) bond motifs is 2. The number of nitrogens with zero attached hydrogens (tertiary/aromatic N) is 3. The average Bonchev–Trinajstić information content (AvgIpc) is 3.04. The predicted octanol–water partition coefficient (Wildman–Crippen LogP) is 2.44. The van der Waals surface area contributed by atoms with Gasteiger partial charge in [0.2, 0.25) is 0 Å². The number of amidine groups is 1. The average molecular weight is 276 g/mol. The lowest BCUT2D eigenvalue weighted by atomic mass is 10.1. The Hall–Kier alpha value is -1.40. The van der Waals surface area contributed by atoms with Gasteiger partial charge in [-0.25, -0.2) is 14.4 Å². The van der Waals surface area contributed by atoms with E-state index in [2.05, 4.69) is 15.4 Å². The van der Waals surface area contributed by atoms with E-state index in [0.29, 0.717) is 12.6 Å². The topological polar surface area (TPSA) is 40.0 Å². The van der Waals surface area contributed by atoms with Gasteiger partial charge in [0.25, 0.3) is 0 Å². The molecule has 0 bridgehead atoms. The van der Waals surface area contributed by atoms with Crippen molar-refractivity contribution in [2.75, 3.05) is 6.54 Å². The Morgan fingerprint density at radius 2 is 2.37 bits per heavy atom. The smallest absolute Gasteiger partial charge is 0.191 e. The van der Waals surface area contributed by atoms with Gasteiger partial charge in [0, 0.05) is 5.56 Å². The van der Waals surface area contributed by atoms with E-state index in [4.69, 9.17) is 0 Å². The fourth-order valence-corrected chi connectivity index (χ4v) is 3.63. The number of hydrazone groups is 1. The second kappa shape index (κ2) is 4.31. The van der Waals surface area contributed by atoms with E-state index in [1.165, 1.54) is 12.5 Å². The monoisotopic (exact) mass is 276 g/mol. The van der Waals surface area contributed by atoms with Gasteiger partial charge in [0.15, 0.2) is 5.17 Å². The van der Waals surface area contributed by atoms with E-state index in [1.807, 2.05) is 5.01 Å². The van der Waals surface area contributed by atoms with Crippen molar-refractivity contribution < 1.29 is 4.39 Å². The summed E-state index contributed by atoms with van der Waals surface area (Å²) in [6, 6.07) is 5.10. The van der Waals surface area contributed by atoms with Crippen LogP contribution in [0.3, 0.4) is 0 Å². The standard InChI is InChI=1S/C13H13FN4S/c14-9-3-4-10-8(6-9)7-18-13(16-10)19-12(17-18)11-2-1-5-15-11/h3-4,6,11,15H,1-2,5,7H2/t11-/m1/s1. The molecule has 1 aromatic rings. The van der Waals surface area contributed by atoms with Crippen LogP contribution in [0.2, 0.25) is 0 Å². The Bertz CT molecular complexity index is 592. The Labute approximate surface area is 114 Å². The molecule has 0 aliphatic carbocycles. The molecule has 0 aromatic heterocycles. The Morgan fingerprint density at radius 1 is 1.42 bits per heavy atom. The second-order valence-electron chi connectivity index (χ2n) is 4.91.